The van der Waals surface area contributed by atoms with E-state index in [1.54, 1.807) is 19.1 Å². The van der Waals surface area contributed by atoms with Crippen LogP contribution in [0.2, 0.25) is 0 Å². The molecule has 1 fully saturated rings. The minimum Gasteiger partial charge on any atom is -0.508 e. The number of hydrogen-bond acceptors (Lipinski definition) is 7. The number of fused-ring (bicyclic) bond motifs is 3. The first-order valence-corrected chi connectivity index (χ1v) is 13.8. The third kappa shape index (κ3) is 3.96. The van der Waals surface area contributed by atoms with E-state index in [2.05, 4.69) is 0 Å². The monoisotopic (exact) mass is 553 g/mol. The van der Waals surface area contributed by atoms with E-state index < -0.39 is 23.7 Å². The van der Waals surface area contributed by atoms with Crippen LogP contribution in [-0.2, 0) is 25.6 Å². The highest BCUT2D eigenvalue weighted by atomic mass is 16.5. The Hall–Kier alpha value is -4.46. The Morgan fingerprint density at radius 3 is 2.22 bits per heavy atom. The maximum atomic E-state index is 14.1. The summed E-state index contributed by atoms with van der Waals surface area (Å²) in [5.74, 6) is -3.07. The van der Waals surface area contributed by atoms with Crippen LogP contribution in [0, 0.1) is 17.8 Å². The molecule has 8 heteroatoms. The Kier molecular flexibility index (Phi) is 6.44. The Labute approximate surface area is 237 Å². The highest BCUT2D eigenvalue weighted by Crippen LogP contribution is 2.58. The summed E-state index contributed by atoms with van der Waals surface area (Å²) < 4.78 is 11.3. The quantitative estimate of drug-likeness (QED) is 0.327. The van der Waals surface area contributed by atoms with Gasteiger partial charge in [0.2, 0.25) is 11.8 Å². The zero-order chi connectivity index (χ0) is 29.2. The van der Waals surface area contributed by atoms with E-state index in [4.69, 9.17) is 9.47 Å². The Morgan fingerprint density at radius 1 is 0.951 bits per heavy atom. The number of ether oxygens (including phenoxy) is 2. The number of aryl methyl sites for hydroxylation is 1. The molecule has 6 rings (SSSR count). The lowest BCUT2D eigenvalue weighted by atomic mass is 9.59. The fourth-order valence-electron chi connectivity index (χ4n) is 7.06. The van der Waals surface area contributed by atoms with Crippen molar-refractivity contribution in [3.8, 4) is 17.2 Å². The van der Waals surface area contributed by atoms with E-state index in [0.717, 1.165) is 17.6 Å². The first-order valence-electron chi connectivity index (χ1n) is 13.8. The SMILES string of the molecule is CCc1ccc(N2C(=O)[C@H]3[C@H](CC=C4[C@H](c5c(OC)cc(O)cc5OC)C5=C(C[C@H]43)C(=O)C(C)=CC5=O)C2=O)cc1. The summed E-state index contributed by atoms with van der Waals surface area (Å²) in [6.07, 6.45) is 4.64. The highest BCUT2D eigenvalue weighted by molar-refractivity contribution is 6.25. The lowest BCUT2D eigenvalue weighted by Crippen LogP contribution is -2.40. The molecule has 2 aromatic rings. The van der Waals surface area contributed by atoms with E-state index >= 15 is 0 Å². The largest absolute Gasteiger partial charge is 0.508 e. The number of phenolic OH excluding ortho intramolecular Hbond substituents is 1. The van der Waals surface area contributed by atoms with Crippen LogP contribution in [0.25, 0.3) is 0 Å². The molecule has 0 saturated carbocycles. The number of carbonyl (C=O) groups is 4. The van der Waals surface area contributed by atoms with Crippen molar-refractivity contribution in [3.63, 3.8) is 0 Å². The van der Waals surface area contributed by atoms with Crippen molar-refractivity contribution in [1.29, 1.82) is 0 Å². The lowest BCUT2D eigenvalue weighted by molar-refractivity contribution is -0.123. The number of amides is 2. The minimum atomic E-state index is -0.753. The average molecular weight is 554 g/mol. The lowest BCUT2D eigenvalue weighted by Gasteiger charge is -2.42. The number of anilines is 1. The second kappa shape index (κ2) is 9.87. The summed E-state index contributed by atoms with van der Waals surface area (Å²) in [5.41, 5.74) is 3.93. The maximum Gasteiger partial charge on any atom is 0.238 e. The molecule has 4 atom stereocenters. The van der Waals surface area contributed by atoms with Crippen LogP contribution >= 0.6 is 0 Å². The van der Waals surface area contributed by atoms with E-state index in [9.17, 15) is 24.3 Å². The fraction of sp³-hybridized carbons (Fsp3) is 0.333. The Bertz CT molecular complexity index is 1590. The molecule has 41 heavy (non-hydrogen) atoms. The summed E-state index contributed by atoms with van der Waals surface area (Å²) in [7, 11) is 2.91. The zero-order valence-electron chi connectivity index (χ0n) is 23.4. The normalized spacial score (nSPS) is 25.4. The molecule has 1 aliphatic heterocycles. The van der Waals surface area contributed by atoms with Gasteiger partial charge in [0.15, 0.2) is 11.6 Å². The molecule has 1 N–H and O–H groups in total. The van der Waals surface area contributed by atoms with Crippen LogP contribution in [0.5, 0.6) is 17.2 Å². The number of allylic oxidation sites excluding steroid dienone is 6. The van der Waals surface area contributed by atoms with E-state index in [1.807, 2.05) is 25.1 Å². The first kappa shape index (κ1) is 26.7. The third-order valence-corrected chi connectivity index (χ3v) is 8.98. The van der Waals surface area contributed by atoms with Crippen molar-refractivity contribution in [2.45, 2.75) is 39.0 Å². The molecule has 2 aromatic carbocycles. The molecular formula is C33H31NO7. The molecule has 0 unspecified atom stereocenters. The van der Waals surface area contributed by atoms with Crippen LogP contribution in [-0.4, -0.2) is 42.7 Å². The summed E-state index contributed by atoms with van der Waals surface area (Å²) in [5, 5.41) is 10.3. The molecule has 4 aliphatic rings. The van der Waals surface area contributed by atoms with Crippen LogP contribution in [0.15, 0.2) is 70.8 Å². The zero-order valence-corrected chi connectivity index (χ0v) is 23.4. The van der Waals surface area contributed by atoms with Gasteiger partial charge in [-0.3, -0.25) is 24.1 Å². The van der Waals surface area contributed by atoms with Crippen LogP contribution in [0.3, 0.4) is 0 Å². The second-order valence-corrected chi connectivity index (χ2v) is 11.0. The van der Waals surface area contributed by atoms with E-state index in [1.165, 1.54) is 37.3 Å². The summed E-state index contributed by atoms with van der Waals surface area (Å²) in [4.78, 5) is 56.2. The first-order chi connectivity index (χ1) is 19.7. The predicted molar refractivity (Wildman–Crippen MR) is 151 cm³/mol. The van der Waals surface area contributed by atoms with Gasteiger partial charge in [0, 0.05) is 40.3 Å². The van der Waals surface area contributed by atoms with Crippen molar-refractivity contribution >= 4 is 29.1 Å². The van der Waals surface area contributed by atoms with E-state index in [-0.39, 0.29) is 35.6 Å². The molecule has 8 nitrogen and oxygen atoms in total. The number of hydrogen-bond donors (Lipinski definition) is 1. The molecule has 3 aliphatic carbocycles. The van der Waals surface area contributed by atoms with Crippen LogP contribution < -0.4 is 14.4 Å². The number of Topliss-reactive ketones (excluding diaryl/α,β-unsaturated/α-hetero) is 1. The summed E-state index contributed by atoms with van der Waals surface area (Å²) in [6, 6.07) is 10.3. The number of aromatic hydroxyl groups is 1. The number of nitrogens with zero attached hydrogens (tertiary/aromatic N) is 1. The number of ketones is 2. The van der Waals surface area contributed by atoms with Gasteiger partial charge in [0.1, 0.15) is 17.2 Å². The number of imide groups is 1. The molecule has 0 radical (unpaired) electrons. The molecule has 2 amide bonds. The molecular weight excluding hydrogens is 522 g/mol. The van der Waals surface area contributed by atoms with Crippen molar-refractivity contribution in [2.24, 2.45) is 17.8 Å². The van der Waals surface area contributed by atoms with Crippen LogP contribution in [0.4, 0.5) is 5.69 Å². The average Bonchev–Trinajstić information content (AvgIpc) is 3.23. The number of rotatable bonds is 5. The number of phenols is 1. The number of methoxy groups -OCH3 is 2. The molecule has 1 saturated heterocycles. The number of carbonyl (C=O) groups excluding carboxylic acids is 4. The maximum absolute atomic E-state index is 14.1. The summed E-state index contributed by atoms with van der Waals surface area (Å²) >= 11 is 0. The van der Waals surface area contributed by atoms with Gasteiger partial charge in [0.05, 0.1) is 31.7 Å². The molecule has 0 aromatic heterocycles. The van der Waals surface area contributed by atoms with Gasteiger partial charge in [-0.1, -0.05) is 30.7 Å². The van der Waals surface area contributed by atoms with Gasteiger partial charge in [-0.15, -0.1) is 0 Å². The van der Waals surface area contributed by atoms with Gasteiger partial charge in [0.25, 0.3) is 0 Å². The van der Waals surface area contributed by atoms with Gasteiger partial charge < -0.3 is 14.6 Å². The van der Waals surface area contributed by atoms with Crippen molar-refractivity contribution in [3.05, 3.63) is 82.0 Å². The standard InChI is InChI=1S/C33H31NO7/c1-5-17-6-8-18(9-7-17)34-32(38)21-11-10-20-22(27(21)33(34)39)15-23-28(24(36)12-16(2)31(23)37)29(20)30-25(40-3)13-19(35)14-26(30)41-4/h6-10,12-14,21-22,27,29,35H,5,11,15H2,1-4H3/t21-,22+,27-,29-/m0/s1. The Balaban J connectivity index is 1.52. The van der Waals surface area contributed by atoms with Gasteiger partial charge in [-0.2, -0.15) is 0 Å². The predicted octanol–water partition coefficient (Wildman–Crippen LogP) is 4.61. The molecule has 0 bridgehead atoms. The third-order valence-electron chi connectivity index (χ3n) is 8.98. The second-order valence-electron chi connectivity index (χ2n) is 11.0. The van der Waals surface area contributed by atoms with Gasteiger partial charge in [-0.25, -0.2) is 0 Å². The highest BCUT2D eigenvalue weighted by Gasteiger charge is 2.57. The van der Waals surface area contributed by atoms with Crippen molar-refractivity contribution < 1.29 is 33.8 Å². The van der Waals surface area contributed by atoms with Crippen LogP contribution in [0.1, 0.15) is 43.7 Å². The molecule has 0 spiro atoms. The summed E-state index contributed by atoms with van der Waals surface area (Å²) in [6.45, 7) is 3.65. The minimum absolute atomic E-state index is 0.0789. The van der Waals surface area contributed by atoms with Gasteiger partial charge >= 0.3 is 0 Å². The number of benzene rings is 2. The van der Waals surface area contributed by atoms with Crippen molar-refractivity contribution in [1.82, 2.24) is 0 Å². The van der Waals surface area contributed by atoms with E-state index in [0.29, 0.717) is 45.9 Å². The Morgan fingerprint density at radius 2 is 1.61 bits per heavy atom. The molecule has 1 heterocycles. The topological polar surface area (TPSA) is 110 Å². The van der Waals surface area contributed by atoms with Gasteiger partial charge in [-0.05, 0) is 55.9 Å². The van der Waals surface area contributed by atoms with Crippen molar-refractivity contribution in [2.75, 3.05) is 19.1 Å². The molecule has 210 valence electrons. The smallest absolute Gasteiger partial charge is 0.238 e. The fourth-order valence-corrected chi connectivity index (χ4v) is 7.06.